The molecule has 0 bridgehead atoms. The minimum Gasteiger partial charge on any atom is -0.456 e. The van der Waals surface area contributed by atoms with Gasteiger partial charge in [-0.1, -0.05) is 158 Å². The van der Waals surface area contributed by atoms with Crippen molar-refractivity contribution in [3.05, 3.63) is 206 Å². The molecule has 0 atom stereocenters. The van der Waals surface area contributed by atoms with Crippen LogP contribution in [0.1, 0.15) is 17.8 Å². The fourth-order valence-corrected chi connectivity index (χ4v) is 8.79. The van der Waals surface area contributed by atoms with Crippen LogP contribution < -0.4 is 0 Å². The number of fused-ring (bicyclic) bond motifs is 6. The highest BCUT2D eigenvalue weighted by atomic mass is 16.3. The minimum absolute atomic E-state index is 0.0345. The molecule has 0 N–H and O–H groups in total. The van der Waals surface area contributed by atoms with Gasteiger partial charge in [0.1, 0.15) is 11.2 Å². The summed E-state index contributed by atoms with van der Waals surface area (Å²) in [6.45, 7) is 0. The van der Waals surface area contributed by atoms with Gasteiger partial charge in [0.05, 0.1) is 28.9 Å². The fraction of sp³-hybridized carbons (Fsp3) is 0. The lowest BCUT2D eigenvalue weighted by Gasteiger charge is -2.14. The summed E-state index contributed by atoms with van der Waals surface area (Å²) in [6, 6.07) is 32.6. The molecule has 13 rings (SSSR count). The highest BCUT2D eigenvalue weighted by Crippen LogP contribution is 2.49. The first-order valence-corrected chi connectivity index (χ1v) is 19.9. The Bertz CT molecular complexity index is 4590. The average Bonchev–Trinajstić information content (AvgIpc) is 4.16. The zero-order valence-electron chi connectivity index (χ0n) is 45.3. The first kappa shape index (κ1) is 24.0. The normalized spacial score (nSPS) is 14.8. The molecule has 0 unspecified atom stereocenters. The van der Waals surface area contributed by atoms with Gasteiger partial charge < -0.3 is 8.98 Å². The molecule has 0 fully saturated rings. The Morgan fingerprint density at radius 1 is 0.371 bits per heavy atom. The molecule has 62 heavy (non-hydrogen) atoms. The maximum atomic E-state index is 9.88. The Labute approximate surface area is 374 Å². The van der Waals surface area contributed by atoms with Crippen LogP contribution in [-0.2, 0) is 0 Å². The molecular formula is C57H34N4O. The largest absolute Gasteiger partial charge is 0.456 e. The third-order valence-corrected chi connectivity index (χ3v) is 11.5. The Balaban J connectivity index is 1.12. The van der Waals surface area contributed by atoms with E-state index in [1.165, 1.54) is 10.6 Å². The Morgan fingerprint density at radius 3 is 1.73 bits per heavy atom. The standard InChI is InChI=1S/C57H34N4O/c1-4-14-35(15-5-1)36-26-28-38(29-27-36)56-58-55(37-16-6-2-7-17-37)59-57(60-56)39-30-33-49-46(34-39)51-44(23-13-25-50(51)62-49)45-31-32-48-54-52(45)42-21-11-10-20-41(42)43-22-12-24-47(53(43)54)61(48)40-18-8-3-9-19-40/h1-34H/i3D,8D,9D,10D,11D,12D,18D,19D,20D,21D,22D,24D,32D. The molecule has 3 heterocycles. The van der Waals surface area contributed by atoms with E-state index in [0.717, 1.165) is 22.3 Å². The third-order valence-electron chi connectivity index (χ3n) is 11.5. The van der Waals surface area contributed by atoms with Crippen LogP contribution in [0, 0.1) is 0 Å². The predicted octanol–water partition coefficient (Wildman–Crippen LogP) is 14.9. The Hall–Kier alpha value is -8.41. The highest BCUT2D eigenvalue weighted by molar-refractivity contribution is 6.37. The number of furan rings is 1. The molecule has 0 aliphatic rings. The van der Waals surface area contributed by atoms with Gasteiger partial charge in [0, 0.05) is 49.3 Å². The molecule has 0 aliphatic heterocycles. The summed E-state index contributed by atoms with van der Waals surface area (Å²) in [6.07, 6.45) is 0. The van der Waals surface area contributed by atoms with E-state index < -0.39 is 78.2 Å². The third kappa shape index (κ3) is 5.25. The molecule has 13 aromatic rings. The summed E-state index contributed by atoms with van der Waals surface area (Å²) in [4.78, 5) is 15.0. The van der Waals surface area contributed by atoms with Crippen LogP contribution >= 0.6 is 0 Å². The molecule has 3 aromatic heterocycles. The van der Waals surface area contributed by atoms with Crippen LogP contribution in [-0.4, -0.2) is 19.5 Å². The first-order valence-electron chi connectivity index (χ1n) is 26.4. The van der Waals surface area contributed by atoms with E-state index in [4.69, 9.17) is 30.3 Å². The number of hydrogen-bond donors (Lipinski definition) is 0. The summed E-state index contributed by atoms with van der Waals surface area (Å²) in [5, 5.41) is 1.31. The summed E-state index contributed by atoms with van der Waals surface area (Å²) in [7, 11) is 0. The molecule has 5 nitrogen and oxygen atoms in total. The van der Waals surface area contributed by atoms with Crippen molar-refractivity contribution in [2.75, 3.05) is 0 Å². The van der Waals surface area contributed by atoms with Crippen LogP contribution in [0.25, 0.3) is 127 Å². The van der Waals surface area contributed by atoms with Gasteiger partial charge in [-0.05, 0) is 86.8 Å². The van der Waals surface area contributed by atoms with Crippen molar-refractivity contribution in [3.63, 3.8) is 0 Å². The van der Waals surface area contributed by atoms with Crippen molar-refractivity contribution < 1.29 is 22.2 Å². The van der Waals surface area contributed by atoms with E-state index in [9.17, 15) is 6.85 Å². The van der Waals surface area contributed by atoms with E-state index in [2.05, 4.69) is 0 Å². The topological polar surface area (TPSA) is 56.7 Å². The number of nitrogens with zero attached hydrogens (tertiary/aromatic N) is 4. The molecule has 10 aromatic carbocycles. The molecule has 0 amide bonds. The lowest BCUT2D eigenvalue weighted by molar-refractivity contribution is 0.669. The number of aromatic nitrogens is 4. The van der Waals surface area contributed by atoms with Crippen LogP contribution in [0.5, 0.6) is 0 Å². The zero-order valence-corrected chi connectivity index (χ0v) is 32.3. The lowest BCUT2D eigenvalue weighted by atomic mass is 9.88. The van der Waals surface area contributed by atoms with Crippen molar-refractivity contribution in [1.82, 2.24) is 19.5 Å². The molecule has 0 aliphatic carbocycles. The maximum absolute atomic E-state index is 9.88. The monoisotopic (exact) mass is 803 g/mol. The van der Waals surface area contributed by atoms with Crippen LogP contribution in [0.3, 0.4) is 0 Å². The molecule has 0 saturated heterocycles. The van der Waals surface area contributed by atoms with Gasteiger partial charge >= 0.3 is 0 Å². The molecular weight excluding hydrogens is 757 g/mol. The maximum Gasteiger partial charge on any atom is 0.164 e. The van der Waals surface area contributed by atoms with Gasteiger partial charge in [-0.2, -0.15) is 0 Å². The van der Waals surface area contributed by atoms with E-state index in [1.807, 2.05) is 103 Å². The van der Waals surface area contributed by atoms with Crippen LogP contribution in [0.15, 0.2) is 210 Å². The second-order valence-corrected chi connectivity index (χ2v) is 14.9. The molecule has 5 heteroatoms. The van der Waals surface area contributed by atoms with E-state index in [-0.39, 0.29) is 49.4 Å². The highest BCUT2D eigenvalue weighted by Gasteiger charge is 2.24. The van der Waals surface area contributed by atoms with Crippen LogP contribution in [0.2, 0.25) is 0 Å². The van der Waals surface area contributed by atoms with Gasteiger partial charge in [-0.3, -0.25) is 0 Å². The Kier molecular flexibility index (Phi) is 5.25. The van der Waals surface area contributed by atoms with E-state index >= 15 is 0 Å². The summed E-state index contributed by atoms with van der Waals surface area (Å²) in [5.74, 6) is 1.26. The number of benzene rings is 10. The van der Waals surface area contributed by atoms with Gasteiger partial charge in [-0.25, -0.2) is 15.0 Å². The molecule has 288 valence electrons. The Morgan fingerprint density at radius 2 is 0.952 bits per heavy atom. The SMILES string of the molecule is [2H]c1c([2H])c([2H])c(-n2c3c([2H])cc(-c4cccc5oc6ccc(-c7nc(-c8ccccc8)nc(-c8ccc(-c9ccccc9)cc8)n7)cc6c45)c4c5c([2H])c([2H])c([2H])c([2H])c5c5c([2H])c([2H])c([2H])c2c5c43)c([2H])c1[2H]. The van der Waals surface area contributed by atoms with Gasteiger partial charge in [0.2, 0.25) is 0 Å². The first-order chi connectivity index (χ1) is 36.1. The number of hydrogen-bond acceptors (Lipinski definition) is 4. The minimum atomic E-state index is -0.683. The van der Waals surface area contributed by atoms with Crippen molar-refractivity contribution in [2.45, 2.75) is 0 Å². The van der Waals surface area contributed by atoms with E-state index in [0.29, 0.717) is 56.1 Å². The van der Waals surface area contributed by atoms with Gasteiger partial charge in [0.15, 0.2) is 17.5 Å². The zero-order chi connectivity index (χ0) is 52.0. The van der Waals surface area contributed by atoms with Crippen molar-refractivity contribution in [3.8, 4) is 62.1 Å². The lowest BCUT2D eigenvalue weighted by Crippen LogP contribution is -2.00. The van der Waals surface area contributed by atoms with Crippen molar-refractivity contribution in [2.24, 2.45) is 0 Å². The quantitative estimate of drug-likeness (QED) is 0.157. The second-order valence-electron chi connectivity index (χ2n) is 14.9. The predicted molar refractivity (Wildman–Crippen MR) is 255 cm³/mol. The number of rotatable bonds is 6. The average molecular weight is 804 g/mol. The molecule has 0 spiro atoms. The number of para-hydroxylation sites is 1. The van der Waals surface area contributed by atoms with Crippen molar-refractivity contribution >= 4 is 65.3 Å². The van der Waals surface area contributed by atoms with Crippen molar-refractivity contribution in [1.29, 1.82) is 0 Å². The fourth-order valence-electron chi connectivity index (χ4n) is 8.79. The summed E-state index contributed by atoms with van der Waals surface area (Å²) >= 11 is 0. The second kappa shape index (κ2) is 13.6. The summed E-state index contributed by atoms with van der Waals surface area (Å²) < 4.78 is 126. The van der Waals surface area contributed by atoms with Gasteiger partial charge in [-0.15, -0.1) is 0 Å². The summed E-state index contributed by atoms with van der Waals surface area (Å²) in [5.41, 5.74) is 5.34. The molecule has 0 radical (unpaired) electrons. The van der Waals surface area contributed by atoms with Gasteiger partial charge in [0.25, 0.3) is 0 Å². The van der Waals surface area contributed by atoms with E-state index in [1.54, 1.807) is 18.2 Å². The van der Waals surface area contributed by atoms with Crippen LogP contribution in [0.4, 0.5) is 0 Å². The molecule has 0 saturated carbocycles. The smallest absolute Gasteiger partial charge is 0.164 e.